The van der Waals surface area contributed by atoms with Crippen LogP contribution >= 0.6 is 0 Å². The van der Waals surface area contributed by atoms with E-state index in [4.69, 9.17) is 9.47 Å². The van der Waals surface area contributed by atoms with Gasteiger partial charge in [-0.3, -0.25) is 9.59 Å². The van der Waals surface area contributed by atoms with E-state index in [1.165, 1.54) is 17.0 Å². The highest BCUT2D eigenvalue weighted by Crippen LogP contribution is 2.30. The molecule has 1 aromatic carbocycles. The molecule has 1 saturated heterocycles. The molecular weight excluding hydrogens is 339 g/mol. The largest absolute Gasteiger partial charge is 0.484 e. The fourth-order valence-corrected chi connectivity index (χ4v) is 2.63. The highest BCUT2D eigenvalue weighted by atomic mass is 19.4. The van der Waals surface area contributed by atoms with Gasteiger partial charge in [0.2, 0.25) is 0 Å². The minimum absolute atomic E-state index is 0.181. The standard InChI is InChI=1S/C17H20F3NO4/c1-2-24-16(23)12-4-3-9-21(10-12)15(22)11-25-14-7-5-13(6-8-14)17(18,19)20/h5-8,12H,2-4,9-11H2,1H3. The number of carbonyl (C=O) groups is 2. The number of alkyl halides is 3. The molecule has 0 saturated carbocycles. The summed E-state index contributed by atoms with van der Waals surface area (Å²) in [4.78, 5) is 25.5. The van der Waals surface area contributed by atoms with E-state index in [0.717, 1.165) is 12.1 Å². The van der Waals surface area contributed by atoms with Crippen molar-refractivity contribution in [3.63, 3.8) is 0 Å². The molecule has 2 rings (SSSR count). The summed E-state index contributed by atoms with van der Waals surface area (Å²) in [6.45, 7) is 2.52. The van der Waals surface area contributed by atoms with Crippen molar-refractivity contribution >= 4 is 11.9 Å². The van der Waals surface area contributed by atoms with Gasteiger partial charge in [-0.1, -0.05) is 0 Å². The number of carbonyl (C=O) groups excluding carboxylic acids is 2. The molecule has 0 bridgehead atoms. The lowest BCUT2D eigenvalue weighted by Crippen LogP contribution is -2.44. The van der Waals surface area contributed by atoms with E-state index in [1.807, 2.05) is 0 Å². The Bertz CT molecular complexity index is 601. The summed E-state index contributed by atoms with van der Waals surface area (Å²) in [5.41, 5.74) is -0.778. The molecule has 1 fully saturated rings. The summed E-state index contributed by atoms with van der Waals surface area (Å²) in [5, 5.41) is 0. The number of benzene rings is 1. The average Bonchev–Trinajstić information content (AvgIpc) is 2.59. The van der Waals surface area contributed by atoms with Crippen LogP contribution in [0.25, 0.3) is 0 Å². The van der Waals surface area contributed by atoms with Gasteiger partial charge in [-0.2, -0.15) is 13.2 Å². The van der Waals surface area contributed by atoms with Gasteiger partial charge in [0.15, 0.2) is 6.61 Å². The predicted molar refractivity (Wildman–Crippen MR) is 82.9 cm³/mol. The SMILES string of the molecule is CCOC(=O)C1CCCN(C(=O)COc2ccc(C(F)(F)F)cc2)C1. The molecular formula is C17H20F3NO4. The van der Waals surface area contributed by atoms with Crippen LogP contribution in [0.3, 0.4) is 0 Å². The number of piperidine rings is 1. The molecule has 5 nitrogen and oxygen atoms in total. The maximum Gasteiger partial charge on any atom is 0.416 e. The third kappa shape index (κ3) is 5.37. The molecule has 0 N–H and O–H groups in total. The predicted octanol–water partition coefficient (Wildman–Crippen LogP) is 2.89. The van der Waals surface area contributed by atoms with Crippen LogP contribution in [0.5, 0.6) is 5.75 Å². The summed E-state index contributed by atoms with van der Waals surface area (Å²) in [6, 6.07) is 4.15. The first-order valence-corrected chi connectivity index (χ1v) is 8.05. The fraction of sp³-hybridized carbons (Fsp3) is 0.529. The Balaban J connectivity index is 1.86. The monoisotopic (exact) mass is 359 g/mol. The number of rotatable bonds is 5. The Kier molecular flexibility index (Phi) is 6.27. The zero-order chi connectivity index (χ0) is 18.4. The first-order valence-electron chi connectivity index (χ1n) is 8.05. The highest BCUT2D eigenvalue weighted by Gasteiger charge is 2.31. The van der Waals surface area contributed by atoms with Crippen molar-refractivity contribution in [2.24, 2.45) is 5.92 Å². The van der Waals surface area contributed by atoms with E-state index >= 15 is 0 Å². The molecule has 0 aromatic heterocycles. The van der Waals surface area contributed by atoms with Crippen molar-refractivity contribution < 1.29 is 32.2 Å². The summed E-state index contributed by atoms with van der Waals surface area (Å²) in [5.74, 6) is -0.790. The van der Waals surface area contributed by atoms with Crippen LogP contribution in [-0.2, 0) is 20.5 Å². The van der Waals surface area contributed by atoms with Gasteiger partial charge in [-0.15, -0.1) is 0 Å². The van der Waals surface area contributed by atoms with Gasteiger partial charge in [0.1, 0.15) is 5.75 Å². The Hall–Kier alpha value is -2.25. The van der Waals surface area contributed by atoms with Crippen molar-refractivity contribution in [3.8, 4) is 5.75 Å². The molecule has 1 aliphatic heterocycles. The van der Waals surface area contributed by atoms with E-state index < -0.39 is 11.7 Å². The average molecular weight is 359 g/mol. The van der Waals surface area contributed by atoms with E-state index in [2.05, 4.69) is 0 Å². The van der Waals surface area contributed by atoms with Crippen LogP contribution in [0, 0.1) is 5.92 Å². The van der Waals surface area contributed by atoms with Crippen molar-refractivity contribution in [2.75, 3.05) is 26.3 Å². The molecule has 1 aliphatic rings. The topological polar surface area (TPSA) is 55.8 Å². The zero-order valence-electron chi connectivity index (χ0n) is 13.8. The number of hydrogen-bond donors (Lipinski definition) is 0. The van der Waals surface area contributed by atoms with E-state index in [-0.39, 0.29) is 36.7 Å². The Labute approximate surface area is 143 Å². The number of ether oxygens (including phenoxy) is 2. The van der Waals surface area contributed by atoms with Crippen LogP contribution in [0.15, 0.2) is 24.3 Å². The van der Waals surface area contributed by atoms with Crippen molar-refractivity contribution in [3.05, 3.63) is 29.8 Å². The third-order valence-corrected chi connectivity index (χ3v) is 3.94. The Morgan fingerprint density at radius 2 is 1.92 bits per heavy atom. The van der Waals surface area contributed by atoms with E-state index in [0.29, 0.717) is 26.0 Å². The van der Waals surface area contributed by atoms with Gasteiger partial charge < -0.3 is 14.4 Å². The van der Waals surface area contributed by atoms with Gasteiger partial charge in [0.05, 0.1) is 18.1 Å². The molecule has 1 aromatic rings. The molecule has 1 amide bonds. The lowest BCUT2D eigenvalue weighted by atomic mass is 9.98. The Morgan fingerprint density at radius 1 is 1.24 bits per heavy atom. The fourth-order valence-electron chi connectivity index (χ4n) is 2.63. The minimum Gasteiger partial charge on any atom is -0.484 e. The third-order valence-electron chi connectivity index (χ3n) is 3.94. The number of esters is 1. The maximum atomic E-state index is 12.5. The van der Waals surface area contributed by atoms with Crippen LogP contribution in [-0.4, -0.2) is 43.1 Å². The molecule has 0 spiro atoms. The van der Waals surface area contributed by atoms with Crippen LogP contribution < -0.4 is 4.74 Å². The quantitative estimate of drug-likeness (QED) is 0.759. The minimum atomic E-state index is -4.41. The van der Waals surface area contributed by atoms with Crippen LogP contribution in [0.1, 0.15) is 25.3 Å². The number of amides is 1. The second-order valence-corrected chi connectivity index (χ2v) is 5.74. The molecule has 0 aliphatic carbocycles. The van der Waals surface area contributed by atoms with Crippen molar-refractivity contribution in [1.29, 1.82) is 0 Å². The highest BCUT2D eigenvalue weighted by molar-refractivity contribution is 5.79. The normalized spacial score (nSPS) is 17.9. The number of likely N-dealkylation sites (tertiary alicyclic amines) is 1. The van der Waals surface area contributed by atoms with Gasteiger partial charge in [-0.05, 0) is 44.0 Å². The molecule has 1 heterocycles. The van der Waals surface area contributed by atoms with Crippen molar-refractivity contribution in [1.82, 2.24) is 4.90 Å². The molecule has 0 radical (unpaired) electrons. The van der Waals surface area contributed by atoms with Gasteiger partial charge in [0.25, 0.3) is 5.91 Å². The molecule has 1 unspecified atom stereocenters. The summed E-state index contributed by atoms with van der Waals surface area (Å²) >= 11 is 0. The van der Waals surface area contributed by atoms with Crippen molar-refractivity contribution in [2.45, 2.75) is 25.9 Å². The van der Waals surface area contributed by atoms with E-state index in [9.17, 15) is 22.8 Å². The summed E-state index contributed by atoms with van der Waals surface area (Å²) in [7, 11) is 0. The smallest absolute Gasteiger partial charge is 0.416 e. The first-order chi connectivity index (χ1) is 11.8. The molecule has 138 valence electrons. The molecule has 25 heavy (non-hydrogen) atoms. The molecule has 1 atom stereocenters. The van der Waals surface area contributed by atoms with Gasteiger partial charge in [0, 0.05) is 13.1 Å². The number of nitrogens with zero attached hydrogens (tertiary/aromatic N) is 1. The first kappa shape index (κ1) is 19.1. The zero-order valence-corrected chi connectivity index (χ0v) is 13.8. The maximum absolute atomic E-state index is 12.5. The van der Waals surface area contributed by atoms with Crippen LogP contribution in [0.4, 0.5) is 13.2 Å². The lowest BCUT2D eigenvalue weighted by molar-refractivity contribution is -0.151. The Morgan fingerprint density at radius 3 is 2.52 bits per heavy atom. The number of hydrogen-bond acceptors (Lipinski definition) is 4. The van der Waals surface area contributed by atoms with Crippen LogP contribution in [0.2, 0.25) is 0 Å². The van der Waals surface area contributed by atoms with Gasteiger partial charge in [-0.25, -0.2) is 0 Å². The lowest BCUT2D eigenvalue weighted by Gasteiger charge is -2.31. The van der Waals surface area contributed by atoms with Gasteiger partial charge >= 0.3 is 12.1 Å². The summed E-state index contributed by atoms with van der Waals surface area (Å²) in [6.07, 6.45) is -3.05. The number of halogens is 3. The summed E-state index contributed by atoms with van der Waals surface area (Å²) < 4.78 is 47.7. The second-order valence-electron chi connectivity index (χ2n) is 5.74. The molecule has 8 heteroatoms. The van der Waals surface area contributed by atoms with E-state index in [1.54, 1.807) is 6.92 Å². The second kappa shape index (κ2) is 8.22.